The number of fused-ring (bicyclic) bond motifs is 1. The lowest BCUT2D eigenvalue weighted by molar-refractivity contribution is 0.489. The summed E-state index contributed by atoms with van der Waals surface area (Å²) < 4.78 is 0. The molecule has 2 rings (SSSR count). The summed E-state index contributed by atoms with van der Waals surface area (Å²) >= 11 is 0. The fraction of sp³-hybridized carbons (Fsp3) is 0.875. The Kier molecular flexibility index (Phi) is 1.06. The first-order chi connectivity index (χ1) is 3.97. The van der Waals surface area contributed by atoms with Crippen molar-refractivity contribution >= 4 is 0 Å². The van der Waals surface area contributed by atoms with Crippen LogP contribution in [0.1, 0.15) is 32.1 Å². The zero-order chi connectivity index (χ0) is 5.40. The predicted octanol–water partition coefficient (Wildman–Crippen LogP) is 2.40. The van der Waals surface area contributed by atoms with Crippen LogP contribution in [0.15, 0.2) is 0 Å². The minimum atomic E-state index is 1.05. The molecule has 2 fully saturated rings. The highest BCUT2D eigenvalue weighted by Crippen LogP contribution is 2.42. The Labute approximate surface area is 51.3 Å². The fourth-order valence-electron chi connectivity index (χ4n) is 2.26. The molecule has 0 aliphatic heterocycles. The van der Waals surface area contributed by atoms with Crippen LogP contribution >= 0.6 is 0 Å². The van der Waals surface area contributed by atoms with E-state index >= 15 is 0 Å². The van der Waals surface area contributed by atoms with Gasteiger partial charge in [-0.1, -0.05) is 12.8 Å². The molecule has 0 unspecified atom stereocenters. The molecule has 2 aliphatic rings. The second-order valence-corrected chi connectivity index (χ2v) is 3.17. The van der Waals surface area contributed by atoms with Gasteiger partial charge in [-0.3, -0.25) is 0 Å². The normalized spacial score (nSPS) is 45.0. The molecule has 0 spiro atoms. The predicted molar refractivity (Wildman–Crippen MR) is 34.4 cm³/mol. The molecule has 45 valence electrons. The summed E-state index contributed by atoms with van der Waals surface area (Å²) in [5.41, 5.74) is 0. The van der Waals surface area contributed by atoms with Crippen LogP contribution in [-0.4, -0.2) is 0 Å². The molecule has 0 amide bonds. The van der Waals surface area contributed by atoms with Crippen molar-refractivity contribution in [3.63, 3.8) is 0 Å². The van der Waals surface area contributed by atoms with Gasteiger partial charge in [0.15, 0.2) is 0 Å². The third kappa shape index (κ3) is 0.586. The topological polar surface area (TPSA) is 0 Å². The van der Waals surface area contributed by atoms with Gasteiger partial charge < -0.3 is 0 Å². The Hall–Kier alpha value is 0. The third-order valence-electron chi connectivity index (χ3n) is 2.72. The molecular formula is C8H13. The second kappa shape index (κ2) is 1.75. The van der Waals surface area contributed by atoms with Gasteiger partial charge in [0, 0.05) is 0 Å². The van der Waals surface area contributed by atoms with Gasteiger partial charge >= 0.3 is 0 Å². The molecule has 0 heterocycles. The monoisotopic (exact) mass is 109 g/mol. The summed E-state index contributed by atoms with van der Waals surface area (Å²) in [6.45, 7) is 0. The van der Waals surface area contributed by atoms with Gasteiger partial charge in [-0.15, -0.1) is 0 Å². The number of rotatable bonds is 0. The quantitative estimate of drug-likeness (QED) is 0.448. The van der Waals surface area contributed by atoms with Crippen molar-refractivity contribution in [2.75, 3.05) is 0 Å². The average molecular weight is 109 g/mol. The number of hydrogen-bond donors (Lipinski definition) is 0. The van der Waals surface area contributed by atoms with Crippen molar-refractivity contribution in [2.24, 2.45) is 11.8 Å². The molecule has 0 bridgehead atoms. The fourth-order valence-corrected chi connectivity index (χ4v) is 2.26. The molecular weight excluding hydrogens is 96.1 g/mol. The summed E-state index contributed by atoms with van der Waals surface area (Å²) in [5, 5.41) is 0. The van der Waals surface area contributed by atoms with E-state index in [-0.39, 0.29) is 0 Å². The molecule has 0 heteroatoms. The Morgan fingerprint density at radius 2 is 2.12 bits per heavy atom. The third-order valence-corrected chi connectivity index (χ3v) is 2.72. The lowest BCUT2D eigenvalue weighted by Gasteiger charge is -2.04. The van der Waals surface area contributed by atoms with E-state index < -0.39 is 0 Å². The Morgan fingerprint density at radius 3 is 3.00 bits per heavy atom. The number of hydrogen-bond acceptors (Lipinski definition) is 0. The SMILES string of the molecule is [CH]1CC[C@H]2CCC[C@H]12. The van der Waals surface area contributed by atoms with Gasteiger partial charge in [0.05, 0.1) is 0 Å². The van der Waals surface area contributed by atoms with E-state index in [0.717, 1.165) is 11.8 Å². The van der Waals surface area contributed by atoms with Crippen molar-refractivity contribution in [3.05, 3.63) is 6.42 Å². The zero-order valence-electron chi connectivity index (χ0n) is 5.27. The smallest absolute Gasteiger partial charge is 0.0352 e. The zero-order valence-corrected chi connectivity index (χ0v) is 5.27. The molecule has 2 saturated carbocycles. The summed E-state index contributed by atoms with van der Waals surface area (Å²) in [6, 6.07) is 0. The van der Waals surface area contributed by atoms with Crippen LogP contribution in [0, 0.1) is 18.3 Å². The van der Waals surface area contributed by atoms with Crippen LogP contribution in [0.5, 0.6) is 0 Å². The van der Waals surface area contributed by atoms with Crippen molar-refractivity contribution in [1.29, 1.82) is 0 Å². The van der Waals surface area contributed by atoms with Crippen molar-refractivity contribution in [2.45, 2.75) is 32.1 Å². The van der Waals surface area contributed by atoms with Crippen molar-refractivity contribution in [3.8, 4) is 0 Å². The average Bonchev–Trinajstić information content (AvgIpc) is 2.15. The van der Waals surface area contributed by atoms with Crippen LogP contribution in [0.25, 0.3) is 0 Å². The van der Waals surface area contributed by atoms with Gasteiger partial charge in [-0.05, 0) is 37.5 Å². The standard InChI is InChI=1S/C8H13/c1-3-7-5-2-6-8(7)4-1/h3,7-8H,1-2,4-6H2/t7-,8-/m0/s1. The Bertz CT molecular complexity index is 66.0. The lowest BCUT2D eigenvalue weighted by Crippen LogP contribution is -1.96. The lowest BCUT2D eigenvalue weighted by atomic mass is 10.0. The van der Waals surface area contributed by atoms with Crippen LogP contribution in [-0.2, 0) is 0 Å². The molecule has 2 aliphatic carbocycles. The molecule has 0 N–H and O–H groups in total. The van der Waals surface area contributed by atoms with Crippen LogP contribution < -0.4 is 0 Å². The summed E-state index contributed by atoms with van der Waals surface area (Å²) in [5.74, 6) is 2.17. The molecule has 0 aromatic carbocycles. The maximum atomic E-state index is 2.54. The molecule has 2 atom stereocenters. The second-order valence-electron chi connectivity index (χ2n) is 3.17. The first kappa shape index (κ1) is 4.84. The first-order valence-electron chi connectivity index (χ1n) is 3.80. The van der Waals surface area contributed by atoms with E-state index in [1.807, 2.05) is 0 Å². The van der Waals surface area contributed by atoms with Crippen LogP contribution in [0.2, 0.25) is 0 Å². The van der Waals surface area contributed by atoms with Gasteiger partial charge in [-0.25, -0.2) is 0 Å². The summed E-state index contributed by atoms with van der Waals surface area (Å²) in [6.07, 6.45) is 10.00. The van der Waals surface area contributed by atoms with Crippen LogP contribution in [0.3, 0.4) is 0 Å². The van der Waals surface area contributed by atoms with Crippen LogP contribution in [0.4, 0.5) is 0 Å². The minimum absolute atomic E-state index is 1.05. The van der Waals surface area contributed by atoms with E-state index in [0.29, 0.717) is 0 Å². The Morgan fingerprint density at radius 1 is 1.12 bits per heavy atom. The first-order valence-corrected chi connectivity index (χ1v) is 3.80. The highest BCUT2D eigenvalue weighted by molar-refractivity contribution is 4.93. The highest BCUT2D eigenvalue weighted by Gasteiger charge is 2.30. The molecule has 0 nitrogen and oxygen atoms in total. The highest BCUT2D eigenvalue weighted by atomic mass is 14.4. The molecule has 0 saturated heterocycles. The van der Waals surface area contributed by atoms with E-state index in [1.165, 1.54) is 32.1 Å². The minimum Gasteiger partial charge on any atom is -0.0527 e. The maximum Gasteiger partial charge on any atom is -0.0352 e. The van der Waals surface area contributed by atoms with Crippen molar-refractivity contribution in [1.82, 2.24) is 0 Å². The van der Waals surface area contributed by atoms with E-state index in [1.54, 1.807) is 0 Å². The van der Waals surface area contributed by atoms with Gasteiger partial charge in [-0.2, -0.15) is 0 Å². The summed E-state index contributed by atoms with van der Waals surface area (Å²) in [7, 11) is 0. The van der Waals surface area contributed by atoms with Gasteiger partial charge in [0.25, 0.3) is 0 Å². The van der Waals surface area contributed by atoms with Gasteiger partial charge in [0.2, 0.25) is 0 Å². The largest absolute Gasteiger partial charge is 0.0527 e. The molecule has 0 aromatic heterocycles. The maximum absolute atomic E-state index is 2.54. The van der Waals surface area contributed by atoms with Crippen molar-refractivity contribution < 1.29 is 0 Å². The van der Waals surface area contributed by atoms with Gasteiger partial charge in [0.1, 0.15) is 0 Å². The molecule has 8 heavy (non-hydrogen) atoms. The molecule has 0 aromatic rings. The molecule has 1 radical (unpaired) electrons. The van der Waals surface area contributed by atoms with E-state index in [2.05, 4.69) is 6.42 Å². The Balaban J connectivity index is 2.04. The van der Waals surface area contributed by atoms with E-state index in [9.17, 15) is 0 Å². The van der Waals surface area contributed by atoms with E-state index in [4.69, 9.17) is 0 Å². The summed E-state index contributed by atoms with van der Waals surface area (Å²) in [4.78, 5) is 0.